The molecule has 0 radical (unpaired) electrons. The Balaban J connectivity index is 1.42. The fourth-order valence-electron chi connectivity index (χ4n) is 5.09. The van der Waals surface area contributed by atoms with Crippen molar-refractivity contribution in [3.63, 3.8) is 0 Å². The van der Waals surface area contributed by atoms with E-state index >= 15 is 0 Å². The smallest absolute Gasteiger partial charge is 0.433 e. The normalized spacial score (nSPS) is 19.6. The summed E-state index contributed by atoms with van der Waals surface area (Å²) < 4.78 is 56.8. The number of fused-ring (bicyclic) bond motifs is 3. The summed E-state index contributed by atoms with van der Waals surface area (Å²) >= 11 is 0. The molecule has 2 aromatic carbocycles. The number of esters is 1. The third-order valence-electron chi connectivity index (χ3n) is 7.01. The lowest BCUT2D eigenvalue weighted by atomic mass is 9.98. The molecule has 13 heteroatoms. The molecule has 10 nitrogen and oxygen atoms in total. The summed E-state index contributed by atoms with van der Waals surface area (Å²) in [5.74, 6) is -3.36. The number of benzene rings is 2. The molecule has 2 aromatic rings. The molecule has 3 amide bonds. The minimum absolute atomic E-state index is 0.0770. The van der Waals surface area contributed by atoms with E-state index in [1.807, 2.05) is 48.5 Å². The number of nitrogens with zero attached hydrogens (tertiary/aromatic N) is 1. The molecule has 0 unspecified atom stereocenters. The fourth-order valence-corrected chi connectivity index (χ4v) is 5.09. The van der Waals surface area contributed by atoms with Gasteiger partial charge in [-0.05, 0) is 56.9 Å². The van der Waals surface area contributed by atoms with E-state index < -0.39 is 66.6 Å². The van der Waals surface area contributed by atoms with Crippen molar-refractivity contribution in [3.05, 3.63) is 59.7 Å². The van der Waals surface area contributed by atoms with Gasteiger partial charge in [0.2, 0.25) is 18.0 Å². The number of amides is 3. The Bertz CT molecular complexity index is 1350. The van der Waals surface area contributed by atoms with Crippen molar-refractivity contribution < 1.29 is 46.6 Å². The van der Waals surface area contributed by atoms with Gasteiger partial charge in [0.15, 0.2) is 0 Å². The molecule has 1 heterocycles. The average Bonchev–Trinajstić information content (AvgIpc) is 3.51. The van der Waals surface area contributed by atoms with E-state index in [-0.39, 0.29) is 17.4 Å². The van der Waals surface area contributed by atoms with Gasteiger partial charge in [-0.3, -0.25) is 14.5 Å². The van der Waals surface area contributed by atoms with Crippen molar-refractivity contribution >= 4 is 23.9 Å². The van der Waals surface area contributed by atoms with Gasteiger partial charge in [0, 0.05) is 5.92 Å². The van der Waals surface area contributed by atoms with E-state index in [1.165, 1.54) is 13.8 Å². The number of alkyl carbamates (subject to hydrolysis) is 1. The highest BCUT2D eigenvalue weighted by Crippen LogP contribution is 2.44. The molecule has 43 heavy (non-hydrogen) atoms. The molecular formula is C30H34F3N3O7. The van der Waals surface area contributed by atoms with Crippen molar-refractivity contribution in [2.75, 3.05) is 13.2 Å². The molecule has 0 spiro atoms. The first-order valence-corrected chi connectivity index (χ1v) is 13.7. The lowest BCUT2D eigenvalue weighted by molar-refractivity contribution is -0.239. The Hall–Kier alpha value is -4.13. The Morgan fingerprint density at radius 2 is 1.49 bits per heavy atom. The summed E-state index contributed by atoms with van der Waals surface area (Å²) in [7, 11) is 0. The quantitative estimate of drug-likeness (QED) is 0.460. The highest BCUT2D eigenvalue weighted by Gasteiger charge is 2.55. The number of rotatable bonds is 7. The summed E-state index contributed by atoms with van der Waals surface area (Å²) in [6.07, 6.45) is -8.80. The summed E-state index contributed by atoms with van der Waals surface area (Å²) in [6.45, 7) is 6.47. The third-order valence-corrected chi connectivity index (χ3v) is 7.01. The van der Waals surface area contributed by atoms with Gasteiger partial charge in [-0.2, -0.15) is 13.2 Å². The molecule has 1 saturated heterocycles. The second-order valence-corrected chi connectivity index (χ2v) is 11.4. The van der Waals surface area contributed by atoms with Crippen molar-refractivity contribution in [1.82, 2.24) is 15.5 Å². The zero-order chi connectivity index (χ0) is 31.7. The van der Waals surface area contributed by atoms with Gasteiger partial charge in [-0.25, -0.2) is 9.59 Å². The highest BCUT2D eigenvalue weighted by molar-refractivity contribution is 5.93. The Labute approximate surface area is 246 Å². The van der Waals surface area contributed by atoms with Crippen molar-refractivity contribution in [2.45, 2.75) is 76.7 Å². The van der Waals surface area contributed by atoms with Gasteiger partial charge in [-0.1, -0.05) is 48.5 Å². The van der Waals surface area contributed by atoms with Crippen molar-refractivity contribution in [2.24, 2.45) is 0 Å². The van der Waals surface area contributed by atoms with E-state index in [2.05, 4.69) is 10.6 Å². The maximum Gasteiger partial charge on any atom is 0.433 e. The monoisotopic (exact) mass is 605 g/mol. The molecule has 1 aliphatic heterocycles. The number of ether oxygens (including phenoxy) is 3. The van der Waals surface area contributed by atoms with Gasteiger partial charge in [0.25, 0.3) is 0 Å². The second kappa shape index (κ2) is 12.2. The molecule has 4 rings (SSSR count). The average molecular weight is 606 g/mol. The van der Waals surface area contributed by atoms with E-state index in [0.717, 1.165) is 22.3 Å². The molecule has 4 atom stereocenters. The van der Waals surface area contributed by atoms with E-state index in [1.54, 1.807) is 20.8 Å². The van der Waals surface area contributed by atoms with Crippen LogP contribution >= 0.6 is 0 Å². The maximum atomic E-state index is 13.8. The molecule has 0 aromatic heterocycles. The second-order valence-electron chi connectivity index (χ2n) is 11.4. The van der Waals surface area contributed by atoms with Gasteiger partial charge in [-0.15, -0.1) is 0 Å². The lowest BCUT2D eigenvalue weighted by Gasteiger charge is -2.31. The third kappa shape index (κ3) is 7.10. The van der Waals surface area contributed by atoms with Crippen LogP contribution in [-0.2, 0) is 28.6 Å². The summed E-state index contributed by atoms with van der Waals surface area (Å²) in [5, 5.41) is 4.55. The molecule has 232 valence electrons. The van der Waals surface area contributed by atoms with Gasteiger partial charge in [0.05, 0.1) is 6.61 Å². The predicted octanol–water partition coefficient (Wildman–Crippen LogP) is 3.88. The van der Waals surface area contributed by atoms with Crippen LogP contribution < -0.4 is 10.6 Å². The SMILES string of the molecule is C[C@H](NC(=O)[C@@H]1CO[C@H](C(F)(F)F)N1C(=O)[C@H](C)NC(=O)OCC1c2ccccc2-c2ccccc21)C(=O)OC(C)(C)C. The molecule has 1 aliphatic carbocycles. The molecule has 2 aliphatic rings. The molecule has 0 saturated carbocycles. The van der Waals surface area contributed by atoms with Gasteiger partial charge < -0.3 is 24.8 Å². The Kier molecular flexibility index (Phi) is 9.05. The standard InChI is InChI=1S/C30H34F3N3O7/c1-16(35-28(40)42-14-22-20-12-8-6-10-18(20)19-11-7-9-13-21(19)22)25(38)36-23(15-41-27(36)30(31,32)33)24(37)34-17(2)26(39)43-29(3,4)5/h6-13,16-17,22-23,27H,14-15H2,1-5H3,(H,34,37)(H,35,40)/t16-,17-,23-,27+/m0/s1. The summed E-state index contributed by atoms with van der Waals surface area (Å²) in [5.41, 5.74) is 3.06. The van der Waals surface area contributed by atoms with Crippen LogP contribution in [0.2, 0.25) is 0 Å². The van der Waals surface area contributed by atoms with Crippen LogP contribution in [0.5, 0.6) is 0 Å². The van der Waals surface area contributed by atoms with Crippen LogP contribution in [0.1, 0.15) is 51.7 Å². The first-order valence-electron chi connectivity index (χ1n) is 13.7. The van der Waals surface area contributed by atoms with Crippen LogP contribution in [0.4, 0.5) is 18.0 Å². The van der Waals surface area contributed by atoms with E-state index in [0.29, 0.717) is 0 Å². The van der Waals surface area contributed by atoms with Crippen LogP contribution in [-0.4, -0.2) is 78.1 Å². The Morgan fingerprint density at radius 3 is 2.02 bits per heavy atom. The fraction of sp³-hybridized carbons (Fsp3) is 0.467. The molecule has 0 bridgehead atoms. The topological polar surface area (TPSA) is 123 Å². The van der Waals surface area contributed by atoms with Gasteiger partial charge >= 0.3 is 18.2 Å². The maximum absolute atomic E-state index is 13.8. The number of hydrogen-bond donors (Lipinski definition) is 2. The molecular weight excluding hydrogens is 571 g/mol. The number of halogens is 3. The Morgan fingerprint density at radius 1 is 0.930 bits per heavy atom. The van der Waals surface area contributed by atoms with Crippen LogP contribution in [0, 0.1) is 0 Å². The van der Waals surface area contributed by atoms with E-state index in [9.17, 15) is 32.3 Å². The predicted molar refractivity (Wildman–Crippen MR) is 148 cm³/mol. The number of nitrogens with one attached hydrogen (secondary N) is 2. The largest absolute Gasteiger partial charge is 0.458 e. The zero-order valence-electron chi connectivity index (χ0n) is 24.4. The minimum atomic E-state index is -5.04. The number of hydrogen-bond acceptors (Lipinski definition) is 7. The summed E-state index contributed by atoms with van der Waals surface area (Å²) in [6, 6.07) is 10.9. The number of alkyl halides is 3. The van der Waals surface area contributed by atoms with E-state index in [4.69, 9.17) is 14.2 Å². The number of carbonyl (C=O) groups is 4. The molecule has 2 N–H and O–H groups in total. The first-order chi connectivity index (χ1) is 20.1. The minimum Gasteiger partial charge on any atom is -0.458 e. The van der Waals surface area contributed by atoms with Gasteiger partial charge in [0.1, 0.15) is 30.3 Å². The van der Waals surface area contributed by atoms with Crippen molar-refractivity contribution in [1.29, 1.82) is 0 Å². The highest BCUT2D eigenvalue weighted by atomic mass is 19.4. The lowest BCUT2D eigenvalue weighted by Crippen LogP contribution is -2.59. The first kappa shape index (κ1) is 31.8. The van der Waals surface area contributed by atoms with Crippen LogP contribution in [0.25, 0.3) is 11.1 Å². The zero-order valence-corrected chi connectivity index (χ0v) is 24.4. The van der Waals surface area contributed by atoms with Crippen LogP contribution in [0.15, 0.2) is 48.5 Å². The van der Waals surface area contributed by atoms with Crippen LogP contribution in [0.3, 0.4) is 0 Å². The molecule has 1 fully saturated rings. The van der Waals surface area contributed by atoms with Crippen molar-refractivity contribution in [3.8, 4) is 11.1 Å². The summed E-state index contributed by atoms with van der Waals surface area (Å²) in [4.78, 5) is 51.4. The number of carbonyl (C=O) groups excluding carboxylic acids is 4.